The van der Waals surface area contributed by atoms with Gasteiger partial charge in [0.25, 0.3) is 0 Å². The van der Waals surface area contributed by atoms with Crippen molar-refractivity contribution >= 4 is 13.7 Å². The van der Waals surface area contributed by atoms with Gasteiger partial charge in [0.05, 0.1) is 39.9 Å². The maximum Gasteiger partial charge on any atom is 0.472 e. The van der Waals surface area contributed by atoms with Crippen molar-refractivity contribution in [2.45, 2.75) is 180 Å². The van der Waals surface area contributed by atoms with Crippen molar-refractivity contribution in [3.63, 3.8) is 0 Å². The number of carbonyl (C=O) groups is 1. The van der Waals surface area contributed by atoms with E-state index in [1.165, 1.54) is 44.9 Å². The Morgan fingerprint density at radius 3 is 1.35 bits per heavy atom. The molecule has 0 spiro atoms. The first-order valence-electron chi connectivity index (χ1n) is 26.2. The van der Waals surface area contributed by atoms with Gasteiger partial charge in [-0.15, -0.1) is 0 Å². The van der Waals surface area contributed by atoms with Crippen LogP contribution in [0.4, 0.5) is 0 Å². The maximum atomic E-state index is 12.9. The molecular formula is C59H98N2O6P+. The largest absolute Gasteiger partial charge is 0.472 e. The second-order valence-electron chi connectivity index (χ2n) is 18.2. The van der Waals surface area contributed by atoms with Crippen molar-refractivity contribution in [3.05, 3.63) is 146 Å². The van der Waals surface area contributed by atoms with Crippen molar-refractivity contribution in [3.8, 4) is 0 Å². The predicted molar refractivity (Wildman–Crippen MR) is 294 cm³/mol. The molecule has 3 N–H and O–H groups in total. The minimum absolute atomic E-state index is 0.0387. The van der Waals surface area contributed by atoms with Crippen LogP contribution in [0.1, 0.15) is 168 Å². The molecule has 8 nitrogen and oxygen atoms in total. The second kappa shape index (κ2) is 48.4. The van der Waals surface area contributed by atoms with Crippen molar-refractivity contribution in [1.29, 1.82) is 0 Å². The summed E-state index contributed by atoms with van der Waals surface area (Å²) in [5, 5.41) is 13.8. The van der Waals surface area contributed by atoms with Gasteiger partial charge in [-0.05, 0) is 109 Å². The highest BCUT2D eigenvalue weighted by Gasteiger charge is 2.27. The third-order valence-corrected chi connectivity index (χ3v) is 11.5. The van der Waals surface area contributed by atoms with E-state index in [0.29, 0.717) is 17.4 Å². The van der Waals surface area contributed by atoms with E-state index in [4.69, 9.17) is 9.05 Å². The molecule has 1 amide bonds. The zero-order chi connectivity index (χ0) is 49.9. The van der Waals surface area contributed by atoms with Gasteiger partial charge < -0.3 is 19.8 Å². The second-order valence-corrected chi connectivity index (χ2v) is 19.6. The number of unbranched alkanes of at least 4 members (excludes halogenated alkanes) is 10. The number of phosphoric ester groups is 1. The number of phosphoric acid groups is 1. The summed E-state index contributed by atoms with van der Waals surface area (Å²) in [7, 11) is 1.50. The molecule has 0 radical (unpaired) electrons. The van der Waals surface area contributed by atoms with Crippen LogP contribution in [0, 0.1) is 0 Å². The van der Waals surface area contributed by atoms with Crippen molar-refractivity contribution in [2.24, 2.45) is 0 Å². The summed E-state index contributed by atoms with van der Waals surface area (Å²) >= 11 is 0. The molecule has 0 aromatic carbocycles. The molecule has 0 bridgehead atoms. The summed E-state index contributed by atoms with van der Waals surface area (Å²) in [6.07, 6.45) is 75.2. The first-order valence-corrected chi connectivity index (χ1v) is 27.7. The van der Waals surface area contributed by atoms with Gasteiger partial charge in [0, 0.05) is 6.42 Å². The van der Waals surface area contributed by atoms with Crippen LogP contribution >= 0.6 is 7.82 Å². The summed E-state index contributed by atoms with van der Waals surface area (Å²) in [5.41, 5.74) is 0. The number of nitrogens with one attached hydrogen (secondary N) is 1. The number of quaternary nitrogens is 1. The van der Waals surface area contributed by atoms with Gasteiger partial charge in [-0.1, -0.05) is 198 Å². The molecule has 0 saturated heterocycles. The van der Waals surface area contributed by atoms with Gasteiger partial charge in [0.15, 0.2) is 0 Å². The molecule has 0 saturated carbocycles. The molecule has 384 valence electrons. The average molecular weight is 962 g/mol. The molecule has 0 rings (SSSR count). The summed E-state index contributed by atoms with van der Waals surface area (Å²) in [6.45, 7) is 4.60. The molecule has 0 aliphatic rings. The minimum Gasteiger partial charge on any atom is -0.387 e. The lowest BCUT2D eigenvalue weighted by Crippen LogP contribution is -2.45. The Morgan fingerprint density at radius 2 is 0.897 bits per heavy atom. The summed E-state index contributed by atoms with van der Waals surface area (Å²) < 4.78 is 23.6. The fourth-order valence-corrected chi connectivity index (χ4v) is 7.17. The van der Waals surface area contributed by atoms with E-state index in [1.54, 1.807) is 6.08 Å². The fourth-order valence-electron chi connectivity index (χ4n) is 6.44. The molecule has 68 heavy (non-hydrogen) atoms. The van der Waals surface area contributed by atoms with E-state index in [-0.39, 0.29) is 25.5 Å². The Kier molecular flexibility index (Phi) is 45.8. The van der Waals surface area contributed by atoms with Crippen LogP contribution in [0.2, 0.25) is 0 Å². The third-order valence-electron chi connectivity index (χ3n) is 10.5. The number of hydrogen-bond acceptors (Lipinski definition) is 5. The number of allylic oxidation sites excluding steroid dienone is 23. The third kappa shape index (κ3) is 50.3. The molecule has 0 aliphatic heterocycles. The summed E-state index contributed by atoms with van der Waals surface area (Å²) in [6, 6.07) is -0.897. The van der Waals surface area contributed by atoms with Gasteiger partial charge in [-0.25, -0.2) is 4.57 Å². The predicted octanol–water partition coefficient (Wildman–Crippen LogP) is 15.7. The van der Waals surface area contributed by atoms with Crippen LogP contribution in [0.15, 0.2) is 146 Å². The summed E-state index contributed by atoms with van der Waals surface area (Å²) in [4.78, 5) is 23.2. The van der Waals surface area contributed by atoms with Gasteiger partial charge in [0.2, 0.25) is 5.91 Å². The lowest BCUT2D eigenvalue weighted by molar-refractivity contribution is -0.870. The van der Waals surface area contributed by atoms with E-state index >= 15 is 0 Å². The van der Waals surface area contributed by atoms with Gasteiger partial charge in [-0.3, -0.25) is 13.8 Å². The van der Waals surface area contributed by atoms with E-state index in [2.05, 4.69) is 153 Å². The number of rotatable bonds is 45. The van der Waals surface area contributed by atoms with E-state index < -0.39 is 20.0 Å². The molecular weight excluding hydrogens is 864 g/mol. The van der Waals surface area contributed by atoms with Crippen LogP contribution in [0.25, 0.3) is 0 Å². The van der Waals surface area contributed by atoms with Crippen molar-refractivity contribution < 1.29 is 32.9 Å². The number of amides is 1. The number of likely N-dealkylation sites (N-methyl/N-ethyl adjacent to an activating group) is 1. The Labute approximate surface area is 417 Å². The van der Waals surface area contributed by atoms with E-state index in [9.17, 15) is 19.4 Å². The Morgan fingerprint density at radius 1 is 0.515 bits per heavy atom. The molecule has 0 aliphatic carbocycles. The number of hydrogen-bond donors (Lipinski definition) is 3. The monoisotopic (exact) mass is 962 g/mol. The van der Waals surface area contributed by atoms with Crippen molar-refractivity contribution in [1.82, 2.24) is 5.32 Å². The summed E-state index contributed by atoms with van der Waals surface area (Å²) in [5.74, 6) is -0.238. The van der Waals surface area contributed by atoms with Gasteiger partial charge >= 0.3 is 7.82 Å². The van der Waals surface area contributed by atoms with Crippen LogP contribution in [-0.4, -0.2) is 73.4 Å². The lowest BCUT2D eigenvalue weighted by Gasteiger charge is -2.25. The smallest absolute Gasteiger partial charge is 0.387 e. The molecule has 9 heteroatoms. The van der Waals surface area contributed by atoms with Gasteiger partial charge in [0.1, 0.15) is 13.2 Å². The van der Waals surface area contributed by atoms with Crippen LogP contribution in [-0.2, 0) is 18.4 Å². The quantitative estimate of drug-likeness (QED) is 0.0243. The standard InChI is InChI=1S/C59H97N2O6P/c1-6-8-10-12-14-16-18-20-21-22-23-24-25-26-27-28-29-30-31-32-33-34-35-36-37-38-39-41-43-45-47-49-51-53-59(63)60-57(56-67-68(64,65)66-55-54-61(3,4)5)58(62)52-50-48-46-44-42-40-19-17-15-13-11-9-7-2/h8,10,14,16,20-21,23-24,26-27,29-30,32-33,35-36,38-39,42-45,50,52,57-58,62H,6-7,9,11-13,15,17-19,22,25,28,31,34,37,40-41,46-49,51,53-56H2,1-5H3,(H-,60,63,64,65)/p+1/b10-8-,16-14-,21-20-,24-23-,27-26-,30-29-,33-32-,36-35-,39-38-,44-42+,45-43-,52-50+. The van der Waals surface area contributed by atoms with E-state index in [1.807, 2.05) is 27.2 Å². The van der Waals surface area contributed by atoms with Crippen molar-refractivity contribution in [2.75, 3.05) is 40.9 Å². The zero-order valence-electron chi connectivity index (χ0n) is 43.5. The van der Waals surface area contributed by atoms with Crippen LogP contribution < -0.4 is 5.32 Å². The number of carbonyl (C=O) groups excluding carboxylic acids is 1. The Bertz CT molecular complexity index is 1610. The average Bonchev–Trinajstić information content (AvgIpc) is 3.30. The van der Waals surface area contributed by atoms with E-state index in [0.717, 1.165) is 96.3 Å². The molecule has 0 aromatic heterocycles. The Hall–Kier alpha value is -3.62. The van der Waals surface area contributed by atoms with Crippen LogP contribution in [0.5, 0.6) is 0 Å². The van der Waals surface area contributed by atoms with Crippen LogP contribution in [0.3, 0.4) is 0 Å². The zero-order valence-corrected chi connectivity index (χ0v) is 44.4. The first kappa shape index (κ1) is 64.4. The molecule has 3 atom stereocenters. The molecule has 0 aromatic rings. The highest BCUT2D eigenvalue weighted by molar-refractivity contribution is 7.47. The maximum absolute atomic E-state index is 12.9. The molecule has 3 unspecified atom stereocenters. The minimum atomic E-state index is -4.37. The SMILES string of the molecule is CC/C=C\C/C=C\C/C=C\C/C=C\C/C=C\C/C=C\C/C=C\C/C=C\C/C=C\C/C=C\CCCCC(=O)NC(COP(=O)(O)OCC[N+](C)(C)C)C(O)/C=C/CC/C=C/CCCCCCCCC. The Balaban J connectivity index is 4.37. The first-order chi connectivity index (χ1) is 33.0. The van der Waals surface area contributed by atoms with Gasteiger partial charge in [-0.2, -0.15) is 0 Å². The molecule has 0 fully saturated rings. The lowest BCUT2D eigenvalue weighted by atomic mass is 10.1. The number of aliphatic hydroxyl groups excluding tert-OH is 1. The topological polar surface area (TPSA) is 105 Å². The normalized spacial score (nSPS) is 15.2. The number of aliphatic hydroxyl groups is 1. The highest BCUT2D eigenvalue weighted by Crippen LogP contribution is 2.43. The molecule has 0 heterocycles. The number of nitrogens with zero attached hydrogens (tertiary/aromatic N) is 1. The highest BCUT2D eigenvalue weighted by atomic mass is 31.2. The fraction of sp³-hybridized carbons (Fsp3) is 0.576.